The second-order valence-electron chi connectivity index (χ2n) is 5.59. The van der Waals surface area contributed by atoms with Gasteiger partial charge in [0.15, 0.2) is 0 Å². The van der Waals surface area contributed by atoms with Crippen molar-refractivity contribution in [1.29, 1.82) is 0 Å². The molecule has 2 nitrogen and oxygen atoms in total. The predicted molar refractivity (Wildman–Crippen MR) is 58.7 cm³/mol. The molecule has 2 N–H and O–H groups in total. The van der Waals surface area contributed by atoms with Crippen molar-refractivity contribution >= 4 is 5.91 Å². The van der Waals surface area contributed by atoms with Crippen LogP contribution in [0.1, 0.15) is 52.9 Å². The zero-order valence-electron chi connectivity index (χ0n) is 9.68. The highest BCUT2D eigenvalue weighted by Crippen LogP contribution is 2.41. The Labute approximate surface area is 87.2 Å². The zero-order chi connectivity index (χ0) is 10.8. The van der Waals surface area contributed by atoms with Gasteiger partial charge in [0, 0.05) is 6.42 Å². The van der Waals surface area contributed by atoms with E-state index in [-0.39, 0.29) is 11.3 Å². The molecule has 1 saturated carbocycles. The van der Waals surface area contributed by atoms with Crippen LogP contribution in [0.5, 0.6) is 0 Å². The van der Waals surface area contributed by atoms with Crippen molar-refractivity contribution in [2.45, 2.75) is 52.9 Å². The van der Waals surface area contributed by atoms with Crippen LogP contribution in [0.4, 0.5) is 0 Å². The van der Waals surface area contributed by atoms with Crippen molar-refractivity contribution in [3.8, 4) is 0 Å². The molecule has 0 aliphatic heterocycles. The Balaban J connectivity index is 2.50. The normalized spacial score (nSPS) is 28.8. The standard InChI is InChI=1S/C12H23NO/c1-9-4-6-10(7-5-9)12(2,3)8-11(13)14/h9-10H,4-8H2,1-3H3,(H2,13,14). The lowest BCUT2D eigenvalue weighted by molar-refractivity contribution is -0.120. The first-order chi connectivity index (χ1) is 6.42. The number of carbonyl (C=O) groups is 1. The molecular formula is C12H23NO. The van der Waals surface area contributed by atoms with Gasteiger partial charge in [-0.2, -0.15) is 0 Å². The molecule has 0 atom stereocenters. The lowest BCUT2D eigenvalue weighted by atomic mass is 9.67. The van der Waals surface area contributed by atoms with Crippen LogP contribution < -0.4 is 5.73 Å². The minimum atomic E-state index is -0.159. The maximum absolute atomic E-state index is 10.9. The van der Waals surface area contributed by atoms with Gasteiger partial charge in [0.05, 0.1) is 0 Å². The fourth-order valence-corrected chi connectivity index (χ4v) is 2.63. The summed E-state index contributed by atoms with van der Waals surface area (Å²) in [5.74, 6) is 1.40. The Kier molecular flexibility index (Phi) is 3.57. The molecule has 1 amide bonds. The van der Waals surface area contributed by atoms with Crippen LogP contribution in [0.3, 0.4) is 0 Å². The van der Waals surface area contributed by atoms with Gasteiger partial charge in [0.1, 0.15) is 0 Å². The van der Waals surface area contributed by atoms with Crippen molar-refractivity contribution < 1.29 is 4.79 Å². The summed E-state index contributed by atoms with van der Waals surface area (Å²) in [5, 5.41) is 0. The Morgan fingerprint density at radius 1 is 1.29 bits per heavy atom. The van der Waals surface area contributed by atoms with Gasteiger partial charge in [-0.3, -0.25) is 4.79 Å². The van der Waals surface area contributed by atoms with Crippen LogP contribution in [-0.4, -0.2) is 5.91 Å². The smallest absolute Gasteiger partial charge is 0.217 e. The molecule has 82 valence electrons. The number of rotatable bonds is 3. The molecule has 0 heterocycles. The van der Waals surface area contributed by atoms with E-state index < -0.39 is 0 Å². The molecule has 1 aliphatic rings. The number of hydrogen-bond donors (Lipinski definition) is 1. The second-order valence-corrected chi connectivity index (χ2v) is 5.59. The summed E-state index contributed by atoms with van der Waals surface area (Å²) in [4.78, 5) is 10.9. The molecule has 0 bridgehead atoms. The van der Waals surface area contributed by atoms with Gasteiger partial charge >= 0.3 is 0 Å². The highest BCUT2D eigenvalue weighted by atomic mass is 16.1. The van der Waals surface area contributed by atoms with Crippen LogP contribution in [0.2, 0.25) is 0 Å². The number of nitrogens with two attached hydrogens (primary N) is 1. The number of carbonyl (C=O) groups excluding carboxylic acids is 1. The van der Waals surface area contributed by atoms with Crippen LogP contribution in [0, 0.1) is 17.3 Å². The van der Waals surface area contributed by atoms with E-state index in [9.17, 15) is 4.79 Å². The van der Waals surface area contributed by atoms with E-state index in [2.05, 4.69) is 20.8 Å². The summed E-state index contributed by atoms with van der Waals surface area (Å²) in [6.07, 6.45) is 5.69. The Morgan fingerprint density at radius 3 is 2.21 bits per heavy atom. The third-order valence-electron chi connectivity index (χ3n) is 3.75. The summed E-state index contributed by atoms with van der Waals surface area (Å²) in [6, 6.07) is 0. The molecule has 0 unspecified atom stereocenters. The van der Waals surface area contributed by atoms with Crippen LogP contribution in [-0.2, 0) is 4.79 Å². The fourth-order valence-electron chi connectivity index (χ4n) is 2.63. The molecule has 0 radical (unpaired) electrons. The largest absolute Gasteiger partial charge is 0.370 e. The van der Waals surface area contributed by atoms with Gasteiger partial charge in [-0.05, 0) is 30.1 Å². The predicted octanol–water partition coefficient (Wildman–Crippen LogP) is 2.71. The SMILES string of the molecule is CC1CCC(C(C)(C)CC(N)=O)CC1. The van der Waals surface area contributed by atoms with Gasteiger partial charge < -0.3 is 5.73 Å². The molecule has 0 saturated heterocycles. The van der Waals surface area contributed by atoms with Crippen molar-refractivity contribution in [1.82, 2.24) is 0 Å². The molecule has 0 spiro atoms. The van der Waals surface area contributed by atoms with Gasteiger partial charge in [-0.15, -0.1) is 0 Å². The fraction of sp³-hybridized carbons (Fsp3) is 0.917. The molecule has 1 aliphatic carbocycles. The van der Waals surface area contributed by atoms with E-state index in [1.165, 1.54) is 25.7 Å². The van der Waals surface area contributed by atoms with Crippen molar-refractivity contribution in [2.75, 3.05) is 0 Å². The molecule has 2 heteroatoms. The van der Waals surface area contributed by atoms with Crippen LogP contribution in [0.25, 0.3) is 0 Å². The van der Waals surface area contributed by atoms with Gasteiger partial charge in [0.2, 0.25) is 5.91 Å². The third kappa shape index (κ3) is 3.00. The van der Waals surface area contributed by atoms with Crippen molar-refractivity contribution in [3.05, 3.63) is 0 Å². The van der Waals surface area contributed by atoms with Crippen LogP contribution in [0.15, 0.2) is 0 Å². The number of hydrogen-bond acceptors (Lipinski definition) is 1. The molecule has 0 aromatic rings. The maximum atomic E-state index is 10.9. The van der Waals surface area contributed by atoms with Gasteiger partial charge in [0.25, 0.3) is 0 Å². The number of primary amides is 1. The number of amides is 1. The lowest BCUT2D eigenvalue weighted by Crippen LogP contribution is -2.32. The average molecular weight is 197 g/mol. The first-order valence-corrected chi connectivity index (χ1v) is 5.70. The lowest BCUT2D eigenvalue weighted by Gasteiger charge is -2.38. The van der Waals surface area contributed by atoms with Gasteiger partial charge in [-0.25, -0.2) is 0 Å². The van der Waals surface area contributed by atoms with Gasteiger partial charge in [-0.1, -0.05) is 33.6 Å². The van der Waals surface area contributed by atoms with E-state index in [1.54, 1.807) is 0 Å². The Bertz CT molecular complexity index is 202. The summed E-state index contributed by atoms with van der Waals surface area (Å²) >= 11 is 0. The molecule has 14 heavy (non-hydrogen) atoms. The third-order valence-corrected chi connectivity index (χ3v) is 3.75. The second kappa shape index (κ2) is 4.33. The monoisotopic (exact) mass is 197 g/mol. The summed E-state index contributed by atoms with van der Waals surface area (Å²) < 4.78 is 0. The molecule has 1 rings (SSSR count). The topological polar surface area (TPSA) is 43.1 Å². The molecule has 0 aromatic heterocycles. The van der Waals surface area contributed by atoms with E-state index in [0.717, 1.165) is 5.92 Å². The van der Waals surface area contributed by atoms with Crippen molar-refractivity contribution in [2.24, 2.45) is 23.0 Å². The summed E-state index contributed by atoms with van der Waals surface area (Å²) in [6.45, 7) is 6.67. The minimum Gasteiger partial charge on any atom is -0.370 e. The van der Waals surface area contributed by atoms with E-state index in [4.69, 9.17) is 5.73 Å². The Morgan fingerprint density at radius 2 is 1.79 bits per heavy atom. The minimum absolute atomic E-state index is 0.103. The molecular weight excluding hydrogens is 174 g/mol. The summed E-state index contributed by atoms with van der Waals surface area (Å²) in [7, 11) is 0. The first-order valence-electron chi connectivity index (χ1n) is 5.70. The quantitative estimate of drug-likeness (QED) is 0.742. The average Bonchev–Trinajstić information content (AvgIpc) is 2.02. The summed E-state index contributed by atoms with van der Waals surface area (Å²) in [5.41, 5.74) is 5.38. The Hall–Kier alpha value is -0.530. The van der Waals surface area contributed by atoms with Crippen LogP contribution >= 0.6 is 0 Å². The van der Waals surface area contributed by atoms with E-state index in [0.29, 0.717) is 12.3 Å². The highest BCUT2D eigenvalue weighted by molar-refractivity contribution is 5.74. The zero-order valence-corrected chi connectivity index (χ0v) is 9.68. The molecule has 1 fully saturated rings. The maximum Gasteiger partial charge on any atom is 0.217 e. The van der Waals surface area contributed by atoms with E-state index in [1.807, 2.05) is 0 Å². The highest BCUT2D eigenvalue weighted by Gasteiger charge is 2.33. The van der Waals surface area contributed by atoms with E-state index >= 15 is 0 Å². The first kappa shape index (κ1) is 11.5. The molecule has 0 aromatic carbocycles. The van der Waals surface area contributed by atoms with Crippen molar-refractivity contribution in [3.63, 3.8) is 0 Å².